The molecule has 0 aliphatic heterocycles. The van der Waals surface area contributed by atoms with Gasteiger partial charge in [-0.2, -0.15) is 0 Å². The minimum Gasteiger partial charge on any atom is -0.397 e. The van der Waals surface area contributed by atoms with E-state index in [0.717, 1.165) is 28.5 Å². The summed E-state index contributed by atoms with van der Waals surface area (Å²) >= 11 is 6.24. The Morgan fingerprint density at radius 1 is 1.17 bits per heavy atom. The smallest absolute Gasteiger partial charge is 0.0600 e. The number of hydrogen-bond donors (Lipinski definition) is 1. The summed E-state index contributed by atoms with van der Waals surface area (Å²) in [5, 5.41) is 0.802. The van der Waals surface area contributed by atoms with E-state index in [1.807, 2.05) is 44.3 Å². The molecule has 0 atom stereocenters. The molecular weight excluding hydrogens is 244 g/mol. The minimum absolute atomic E-state index is 0.743. The molecule has 0 saturated heterocycles. The van der Waals surface area contributed by atoms with Crippen molar-refractivity contribution in [1.82, 2.24) is 0 Å². The lowest BCUT2D eigenvalue weighted by Gasteiger charge is -2.21. The quantitative estimate of drug-likeness (QED) is 0.849. The van der Waals surface area contributed by atoms with E-state index in [1.54, 1.807) is 0 Å². The molecule has 0 aliphatic carbocycles. The number of aryl methyl sites for hydroxylation is 1. The van der Waals surface area contributed by atoms with Gasteiger partial charge in [-0.15, -0.1) is 0 Å². The van der Waals surface area contributed by atoms with Crippen molar-refractivity contribution in [2.45, 2.75) is 13.5 Å². The van der Waals surface area contributed by atoms with Gasteiger partial charge in [0, 0.05) is 18.6 Å². The SMILES string of the molecule is Cc1ccc(CN(C)c2ccccc2N)c(Cl)c1. The van der Waals surface area contributed by atoms with Crippen LogP contribution in [0.1, 0.15) is 11.1 Å². The maximum absolute atomic E-state index is 6.24. The third-order valence-corrected chi connectivity index (χ3v) is 3.32. The molecule has 0 bridgehead atoms. The van der Waals surface area contributed by atoms with Crippen molar-refractivity contribution >= 4 is 23.0 Å². The summed E-state index contributed by atoms with van der Waals surface area (Å²) in [4.78, 5) is 2.10. The van der Waals surface area contributed by atoms with Crippen molar-refractivity contribution < 1.29 is 0 Å². The van der Waals surface area contributed by atoms with Gasteiger partial charge in [-0.05, 0) is 36.2 Å². The Bertz CT molecular complexity index is 552. The molecule has 3 heteroatoms. The molecule has 0 radical (unpaired) electrons. The van der Waals surface area contributed by atoms with Crippen LogP contribution in [0.4, 0.5) is 11.4 Å². The lowest BCUT2D eigenvalue weighted by Crippen LogP contribution is -2.17. The summed E-state index contributed by atoms with van der Waals surface area (Å²) in [5.41, 5.74) is 10.0. The first kappa shape index (κ1) is 12.8. The topological polar surface area (TPSA) is 29.3 Å². The predicted molar refractivity (Wildman–Crippen MR) is 79.2 cm³/mol. The number of nitrogens with zero attached hydrogens (tertiary/aromatic N) is 1. The van der Waals surface area contributed by atoms with Gasteiger partial charge in [0.2, 0.25) is 0 Å². The zero-order chi connectivity index (χ0) is 13.1. The van der Waals surface area contributed by atoms with Crippen molar-refractivity contribution in [3.8, 4) is 0 Å². The van der Waals surface area contributed by atoms with E-state index in [9.17, 15) is 0 Å². The second-order valence-electron chi connectivity index (χ2n) is 4.51. The van der Waals surface area contributed by atoms with Crippen LogP contribution in [-0.2, 0) is 6.54 Å². The molecule has 0 spiro atoms. The molecular formula is C15H17ClN2. The number of anilines is 2. The third-order valence-electron chi connectivity index (χ3n) is 2.96. The van der Waals surface area contributed by atoms with Crippen LogP contribution in [0.5, 0.6) is 0 Å². The van der Waals surface area contributed by atoms with Crippen LogP contribution in [0.15, 0.2) is 42.5 Å². The number of nitrogens with two attached hydrogens (primary N) is 1. The molecule has 0 amide bonds. The van der Waals surface area contributed by atoms with E-state index in [4.69, 9.17) is 17.3 Å². The van der Waals surface area contributed by atoms with E-state index in [2.05, 4.69) is 17.0 Å². The van der Waals surface area contributed by atoms with Crippen LogP contribution in [0.2, 0.25) is 5.02 Å². The largest absolute Gasteiger partial charge is 0.397 e. The second kappa shape index (κ2) is 5.32. The number of hydrogen-bond acceptors (Lipinski definition) is 2. The third kappa shape index (κ3) is 2.77. The van der Waals surface area contributed by atoms with Gasteiger partial charge in [-0.3, -0.25) is 0 Å². The maximum atomic E-state index is 6.24. The van der Waals surface area contributed by atoms with Crippen LogP contribution >= 0.6 is 11.6 Å². The second-order valence-corrected chi connectivity index (χ2v) is 4.92. The molecule has 0 saturated carbocycles. The van der Waals surface area contributed by atoms with Crippen molar-refractivity contribution in [3.63, 3.8) is 0 Å². The van der Waals surface area contributed by atoms with E-state index >= 15 is 0 Å². The van der Waals surface area contributed by atoms with E-state index in [0.29, 0.717) is 0 Å². The van der Waals surface area contributed by atoms with E-state index < -0.39 is 0 Å². The van der Waals surface area contributed by atoms with Gasteiger partial charge in [-0.1, -0.05) is 35.9 Å². The monoisotopic (exact) mass is 260 g/mol. The van der Waals surface area contributed by atoms with Crippen LogP contribution in [0, 0.1) is 6.92 Å². The van der Waals surface area contributed by atoms with Gasteiger partial charge in [0.05, 0.1) is 11.4 Å². The van der Waals surface area contributed by atoms with Crippen LogP contribution < -0.4 is 10.6 Å². The van der Waals surface area contributed by atoms with Gasteiger partial charge < -0.3 is 10.6 Å². The summed E-state index contributed by atoms with van der Waals surface area (Å²) in [7, 11) is 2.02. The Balaban J connectivity index is 2.21. The van der Waals surface area contributed by atoms with Crippen molar-refractivity contribution in [1.29, 1.82) is 0 Å². The summed E-state index contributed by atoms with van der Waals surface area (Å²) in [6.45, 7) is 2.78. The maximum Gasteiger partial charge on any atom is 0.0600 e. The van der Waals surface area contributed by atoms with Gasteiger partial charge >= 0.3 is 0 Å². The highest BCUT2D eigenvalue weighted by Gasteiger charge is 2.07. The summed E-state index contributed by atoms with van der Waals surface area (Å²) < 4.78 is 0. The number of benzene rings is 2. The van der Waals surface area contributed by atoms with Gasteiger partial charge in [0.1, 0.15) is 0 Å². The molecule has 2 nitrogen and oxygen atoms in total. The number of para-hydroxylation sites is 2. The standard InChI is InChI=1S/C15H17ClN2/c1-11-7-8-12(13(16)9-11)10-18(2)15-6-4-3-5-14(15)17/h3-9H,10,17H2,1-2H3. The normalized spacial score (nSPS) is 10.4. The highest BCUT2D eigenvalue weighted by Crippen LogP contribution is 2.25. The lowest BCUT2D eigenvalue weighted by molar-refractivity contribution is 0.924. The fourth-order valence-corrected chi connectivity index (χ4v) is 2.25. The molecule has 0 heterocycles. The Morgan fingerprint density at radius 2 is 1.89 bits per heavy atom. The highest BCUT2D eigenvalue weighted by molar-refractivity contribution is 6.31. The highest BCUT2D eigenvalue weighted by atomic mass is 35.5. The van der Waals surface area contributed by atoms with E-state index in [1.165, 1.54) is 5.56 Å². The summed E-state index contributed by atoms with van der Waals surface area (Å²) in [5.74, 6) is 0. The van der Waals surface area contributed by atoms with Gasteiger partial charge in [-0.25, -0.2) is 0 Å². The Morgan fingerprint density at radius 3 is 2.56 bits per heavy atom. The van der Waals surface area contributed by atoms with Crippen LogP contribution in [0.25, 0.3) is 0 Å². The Labute approximate surface area is 113 Å². The molecule has 0 unspecified atom stereocenters. The molecule has 94 valence electrons. The van der Waals surface area contributed by atoms with E-state index in [-0.39, 0.29) is 0 Å². The first-order valence-corrected chi connectivity index (χ1v) is 6.26. The van der Waals surface area contributed by atoms with Gasteiger partial charge in [0.15, 0.2) is 0 Å². The number of nitrogen functional groups attached to an aromatic ring is 1. The fraction of sp³-hybridized carbons (Fsp3) is 0.200. The summed E-state index contributed by atoms with van der Waals surface area (Å²) in [6, 6.07) is 14.0. The van der Waals surface area contributed by atoms with Crippen LogP contribution in [0.3, 0.4) is 0 Å². The molecule has 2 aromatic rings. The fourth-order valence-electron chi connectivity index (χ4n) is 1.96. The van der Waals surface area contributed by atoms with Crippen molar-refractivity contribution in [2.24, 2.45) is 0 Å². The number of rotatable bonds is 3. The van der Waals surface area contributed by atoms with Crippen LogP contribution in [-0.4, -0.2) is 7.05 Å². The molecule has 18 heavy (non-hydrogen) atoms. The lowest BCUT2D eigenvalue weighted by atomic mass is 10.1. The zero-order valence-corrected chi connectivity index (χ0v) is 11.4. The molecule has 2 N–H and O–H groups in total. The Kier molecular flexibility index (Phi) is 3.78. The van der Waals surface area contributed by atoms with Crippen molar-refractivity contribution in [2.75, 3.05) is 17.7 Å². The van der Waals surface area contributed by atoms with Crippen molar-refractivity contribution in [3.05, 3.63) is 58.6 Å². The molecule has 2 rings (SSSR count). The Hall–Kier alpha value is -1.67. The first-order chi connectivity index (χ1) is 8.58. The summed E-state index contributed by atoms with van der Waals surface area (Å²) in [6.07, 6.45) is 0. The molecule has 0 aromatic heterocycles. The minimum atomic E-state index is 0.743. The average Bonchev–Trinajstić information content (AvgIpc) is 2.33. The molecule has 2 aromatic carbocycles. The predicted octanol–water partition coefficient (Wildman–Crippen LogP) is 3.87. The molecule has 0 fully saturated rings. The molecule has 0 aliphatic rings. The van der Waals surface area contributed by atoms with Gasteiger partial charge in [0.25, 0.3) is 0 Å². The zero-order valence-electron chi connectivity index (χ0n) is 10.7. The first-order valence-electron chi connectivity index (χ1n) is 5.88. The average molecular weight is 261 g/mol. The number of halogens is 1.